The summed E-state index contributed by atoms with van der Waals surface area (Å²) in [7, 11) is 0. The second kappa shape index (κ2) is 13.9. The Morgan fingerprint density at radius 3 is 2.60 bits per heavy atom. The summed E-state index contributed by atoms with van der Waals surface area (Å²) in [6.45, 7) is 3.25. The molecule has 0 fully saturated rings. The number of aromatic nitrogens is 1. The van der Waals surface area contributed by atoms with E-state index in [1.54, 1.807) is 34.9 Å². The van der Waals surface area contributed by atoms with Crippen molar-refractivity contribution in [1.29, 1.82) is 0 Å². The summed E-state index contributed by atoms with van der Waals surface area (Å²) in [4.78, 5) is 16.3. The van der Waals surface area contributed by atoms with Crippen LogP contribution >= 0.6 is 24.0 Å². The Kier molecular flexibility index (Phi) is 12.0. The van der Waals surface area contributed by atoms with Gasteiger partial charge in [-0.2, -0.15) is 8.78 Å². The first-order valence-electron chi connectivity index (χ1n) is 9.72. The van der Waals surface area contributed by atoms with Gasteiger partial charge in [0.05, 0.1) is 6.54 Å². The monoisotopic (exact) mass is 534 g/mol. The first-order chi connectivity index (χ1) is 14.0. The molecule has 1 heterocycles. The number of para-hydroxylation sites is 1. The van der Waals surface area contributed by atoms with Crippen LogP contribution in [-0.2, 0) is 13.1 Å². The second-order valence-electron chi connectivity index (χ2n) is 6.47. The van der Waals surface area contributed by atoms with Crippen molar-refractivity contribution >= 4 is 29.9 Å². The minimum Gasteiger partial charge on any atom is -0.434 e. The smallest absolute Gasteiger partial charge is 0.387 e. The van der Waals surface area contributed by atoms with E-state index >= 15 is 0 Å². The number of nitrogens with zero attached hydrogens (tertiary/aromatic N) is 2. The number of alkyl halides is 2. The molecular formula is C21H29F2IN4O2. The lowest BCUT2D eigenvalue weighted by atomic mass is 10.2. The third-order valence-corrected chi connectivity index (χ3v) is 4.31. The molecule has 0 saturated heterocycles. The number of aryl methyl sites for hydroxylation is 1. The third-order valence-electron chi connectivity index (χ3n) is 4.31. The summed E-state index contributed by atoms with van der Waals surface area (Å²) < 4.78 is 31.4. The Hall–Kier alpha value is -2.17. The highest BCUT2D eigenvalue weighted by molar-refractivity contribution is 14.0. The van der Waals surface area contributed by atoms with Crippen molar-refractivity contribution < 1.29 is 13.5 Å². The predicted octanol–water partition coefficient (Wildman–Crippen LogP) is 3.91. The number of pyridine rings is 1. The molecule has 0 atom stereocenters. The van der Waals surface area contributed by atoms with Crippen molar-refractivity contribution in [3.63, 3.8) is 0 Å². The number of nitrogens with one attached hydrogen (secondary N) is 2. The molecule has 1 aromatic carbocycles. The minimum atomic E-state index is -2.87. The van der Waals surface area contributed by atoms with Gasteiger partial charge in [-0.15, -0.1) is 24.0 Å². The van der Waals surface area contributed by atoms with E-state index in [2.05, 4.69) is 20.4 Å². The topological polar surface area (TPSA) is 67.7 Å². The number of unbranched alkanes of at least 4 members (excludes halogenated alkanes) is 1. The van der Waals surface area contributed by atoms with Crippen molar-refractivity contribution in [2.75, 3.05) is 13.1 Å². The van der Waals surface area contributed by atoms with Gasteiger partial charge < -0.3 is 19.9 Å². The zero-order valence-corrected chi connectivity index (χ0v) is 19.6. The second-order valence-corrected chi connectivity index (χ2v) is 6.47. The van der Waals surface area contributed by atoms with Crippen LogP contribution in [0.15, 0.2) is 52.3 Å². The minimum absolute atomic E-state index is 0. The van der Waals surface area contributed by atoms with Crippen molar-refractivity contribution in [3.05, 3.63) is 64.1 Å². The van der Waals surface area contributed by atoms with Crippen LogP contribution in [-0.4, -0.2) is 30.2 Å². The molecule has 2 aromatic rings. The number of halogens is 3. The highest BCUT2D eigenvalue weighted by Crippen LogP contribution is 2.20. The van der Waals surface area contributed by atoms with Gasteiger partial charge in [0.15, 0.2) is 5.96 Å². The van der Waals surface area contributed by atoms with Gasteiger partial charge in [0.2, 0.25) is 0 Å². The number of aliphatic imine (C=N–C) groups is 1. The van der Waals surface area contributed by atoms with Gasteiger partial charge in [0, 0.05) is 37.0 Å². The lowest BCUT2D eigenvalue weighted by Crippen LogP contribution is -2.37. The lowest BCUT2D eigenvalue weighted by Gasteiger charge is -2.13. The first kappa shape index (κ1) is 25.9. The van der Waals surface area contributed by atoms with Crippen LogP contribution in [0, 0.1) is 6.92 Å². The number of ether oxygens (including phenoxy) is 1. The van der Waals surface area contributed by atoms with E-state index in [-0.39, 0.29) is 41.8 Å². The molecule has 0 spiro atoms. The van der Waals surface area contributed by atoms with Crippen molar-refractivity contribution in [2.45, 2.75) is 46.4 Å². The summed E-state index contributed by atoms with van der Waals surface area (Å²) in [6.07, 6.45) is 1.71. The molecule has 9 heteroatoms. The number of rotatable bonds is 10. The van der Waals surface area contributed by atoms with Crippen LogP contribution in [0.1, 0.15) is 31.0 Å². The van der Waals surface area contributed by atoms with Crippen molar-refractivity contribution in [3.8, 4) is 5.75 Å². The van der Waals surface area contributed by atoms with Crippen LogP contribution in [0.2, 0.25) is 0 Å². The van der Waals surface area contributed by atoms with Gasteiger partial charge >= 0.3 is 6.61 Å². The maximum absolute atomic E-state index is 12.5. The molecule has 0 bridgehead atoms. The van der Waals surface area contributed by atoms with E-state index in [1.807, 2.05) is 19.9 Å². The Bertz CT molecular complexity index is 859. The predicted molar refractivity (Wildman–Crippen MR) is 126 cm³/mol. The largest absolute Gasteiger partial charge is 0.434 e. The molecule has 2 N–H and O–H groups in total. The summed E-state index contributed by atoms with van der Waals surface area (Å²) in [5, 5.41) is 6.36. The maximum atomic E-state index is 12.5. The van der Waals surface area contributed by atoms with Crippen LogP contribution in [0.4, 0.5) is 8.78 Å². The molecule has 0 aliphatic carbocycles. The van der Waals surface area contributed by atoms with Gasteiger partial charge in [0.25, 0.3) is 5.56 Å². The Labute approximate surface area is 192 Å². The molecule has 6 nitrogen and oxygen atoms in total. The van der Waals surface area contributed by atoms with E-state index in [4.69, 9.17) is 0 Å². The fraction of sp³-hybridized carbons (Fsp3) is 0.429. The number of hydrogen-bond acceptors (Lipinski definition) is 3. The zero-order valence-electron chi connectivity index (χ0n) is 17.2. The summed E-state index contributed by atoms with van der Waals surface area (Å²) in [5.41, 5.74) is 1.55. The first-order valence-corrected chi connectivity index (χ1v) is 9.72. The fourth-order valence-corrected chi connectivity index (χ4v) is 2.86. The van der Waals surface area contributed by atoms with Crippen LogP contribution in [0.25, 0.3) is 0 Å². The average Bonchev–Trinajstić information content (AvgIpc) is 2.68. The van der Waals surface area contributed by atoms with E-state index in [1.165, 1.54) is 6.07 Å². The molecule has 2 rings (SSSR count). The molecule has 30 heavy (non-hydrogen) atoms. The van der Waals surface area contributed by atoms with E-state index < -0.39 is 6.61 Å². The van der Waals surface area contributed by atoms with Gasteiger partial charge in [-0.05, 0) is 38.8 Å². The van der Waals surface area contributed by atoms with Crippen molar-refractivity contribution in [1.82, 2.24) is 15.2 Å². The Balaban J connectivity index is 0.00000450. The number of benzene rings is 1. The van der Waals surface area contributed by atoms with Crippen LogP contribution in [0.3, 0.4) is 0 Å². The highest BCUT2D eigenvalue weighted by atomic mass is 127. The molecule has 0 aliphatic heterocycles. The summed E-state index contributed by atoms with van der Waals surface area (Å²) >= 11 is 0. The standard InChI is InChI=1S/C21H28F2N4O2.HI/c1-3-24-21(26-15-17-10-4-5-11-18(17)29-20(22)23)25-13-6-7-14-27-16(2)9-8-12-19(27)28;/h4-5,8-12,20H,3,6-7,13-15H2,1-2H3,(H2,24,25,26);1H. The maximum Gasteiger partial charge on any atom is 0.387 e. The van der Waals surface area contributed by atoms with Gasteiger partial charge in [-0.25, -0.2) is 4.99 Å². The molecule has 0 unspecified atom stereocenters. The molecule has 166 valence electrons. The van der Waals surface area contributed by atoms with E-state index in [0.717, 1.165) is 18.5 Å². The van der Waals surface area contributed by atoms with Gasteiger partial charge in [-0.3, -0.25) is 4.79 Å². The van der Waals surface area contributed by atoms with E-state index in [9.17, 15) is 13.6 Å². The lowest BCUT2D eigenvalue weighted by molar-refractivity contribution is -0.0504. The molecule has 0 amide bonds. The molecule has 0 aliphatic rings. The Morgan fingerprint density at radius 2 is 1.90 bits per heavy atom. The fourth-order valence-electron chi connectivity index (χ4n) is 2.86. The SMILES string of the molecule is CCNC(=NCc1ccccc1OC(F)F)NCCCCn1c(C)cccc1=O.I. The van der Waals surface area contributed by atoms with Gasteiger partial charge in [0.1, 0.15) is 5.75 Å². The Morgan fingerprint density at radius 1 is 1.13 bits per heavy atom. The summed E-state index contributed by atoms with van der Waals surface area (Å²) in [6, 6.07) is 11.9. The number of hydrogen-bond donors (Lipinski definition) is 2. The molecule has 1 aromatic heterocycles. The molecule has 0 saturated carbocycles. The third kappa shape index (κ3) is 8.68. The molecular weight excluding hydrogens is 505 g/mol. The van der Waals surface area contributed by atoms with Crippen molar-refractivity contribution in [2.24, 2.45) is 4.99 Å². The highest BCUT2D eigenvalue weighted by Gasteiger charge is 2.09. The summed E-state index contributed by atoms with van der Waals surface area (Å²) in [5.74, 6) is 0.734. The van der Waals surface area contributed by atoms with Gasteiger partial charge in [-0.1, -0.05) is 24.3 Å². The quantitative estimate of drug-likeness (QED) is 0.210. The number of guanidine groups is 1. The van der Waals surface area contributed by atoms with E-state index in [0.29, 0.717) is 31.2 Å². The average molecular weight is 534 g/mol. The zero-order chi connectivity index (χ0) is 21.1. The van der Waals surface area contributed by atoms with Crippen LogP contribution in [0.5, 0.6) is 5.75 Å². The normalized spacial score (nSPS) is 11.2. The van der Waals surface area contributed by atoms with Crippen LogP contribution < -0.4 is 20.9 Å². The molecule has 0 radical (unpaired) electrons.